The molecule has 0 spiro atoms. The average Bonchev–Trinajstić information content (AvgIpc) is 3.04. The summed E-state index contributed by atoms with van der Waals surface area (Å²) in [7, 11) is 1.37. The molecule has 1 heterocycles. The number of amides is 1. The molecule has 1 aromatic rings. The van der Waals surface area contributed by atoms with Gasteiger partial charge in [0, 0.05) is 13.1 Å². The molecule has 1 saturated carbocycles. The summed E-state index contributed by atoms with van der Waals surface area (Å²) < 4.78 is 4.73. The molecule has 0 bridgehead atoms. The number of hydrogen-bond donors (Lipinski definition) is 2. The van der Waals surface area contributed by atoms with E-state index in [-0.39, 0.29) is 29.7 Å². The topological polar surface area (TPSA) is 67.4 Å². The second kappa shape index (κ2) is 7.99. The number of rotatable bonds is 4. The number of nitrogens with one attached hydrogen (secondary N) is 2. The minimum Gasteiger partial charge on any atom is -0.465 e. The van der Waals surface area contributed by atoms with Crippen molar-refractivity contribution in [2.75, 3.05) is 20.2 Å². The summed E-state index contributed by atoms with van der Waals surface area (Å²) in [4.78, 5) is 24.4. The van der Waals surface area contributed by atoms with Crippen LogP contribution in [0.4, 0.5) is 0 Å². The predicted molar refractivity (Wildman–Crippen MR) is 94.1 cm³/mol. The maximum atomic E-state index is 12.8. The standard InChI is InChI=1S/C18H24N2O3.ClH/c1-23-16(21)14-6-4-5-13(9-14)10-20-17(22)18-8-3-2-7-15(18)11-19-12-18;/h4-6,9,15,19H,2-3,7-8,10-12H2,1H3,(H,20,22);1H/t15-,18+;/m0./s1. The van der Waals surface area contributed by atoms with E-state index in [9.17, 15) is 9.59 Å². The Hall–Kier alpha value is -1.59. The highest BCUT2D eigenvalue weighted by molar-refractivity contribution is 5.89. The molecule has 0 aromatic heterocycles. The molecule has 5 nitrogen and oxygen atoms in total. The van der Waals surface area contributed by atoms with Gasteiger partial charge in [0.05, 0.1) is 18.1 Å². The Morgan fingerprint density at radius 1 is 1.38 bits per heavy atom. The summed E-state index contributed by atoms with van der Waals surface area (Å²) in [5, 5.41) is 6.48. The lowest BCUT2D eigenvalue weighted by Crippen LogP contribution is -2.47. The monoisotopic (exact) mass is 352 g/mol. The van der Waals surface area contributed by atoms with Gasteiger partial charge in [0.15, 0.2) is 0 Å². The number of halogens is 1. The second-order valence-corrected chi connectivity index (χ2v) is 6.60. The largest absolute Gasteiger partial charge is 0.465 e. The number of fused-ring (bicyclic) bond motifs is 1. The van der Waals surface area contributed by atoms with Crippen molar-refractivity contribution in [1.82, 2.24) is 10.6 Å². The lowest BCUT2D eigenvalue weighted by atomic mass is 9.67. The number of methoxy groups -OCH3 is 1. The SMILES string of the molecule is COC(=O)c1cccc(CNC(=O)[C@@]23CCCC[C@H]2CNC3)c1.Cl. The highest BCUT2D eigenvalue weighted by Gasteiger charge is 2.49. The summed E-state index contributed by atoms with van der Waals surface area (Å²) in [5.41, 5.74) is 1.18. The van der Waals surface area contributed by atoms with Crippen LogP contribution in [-0.2, 0) is 16.1 Å². The van der Waals surface area contributed by atoms with Gasteiger partial charge in [-0.2, -0.15) is 0 Å². The van der Waals surface area contributed by atoms with Crippen LogP contribution in [0.15, 0.2) is 24.3 Å². The van der Waals surface area contributed by atoms with Crippen LogP contribution >= 0.6 is 12.4 Å². The van der Waals surface area contributed by atoms with E-state index in [1.807, 2.05) is 12.1 Å². The molecule has 132 valence electrons. The summed E-state index contributed by atoms with van der Waals surface area (Å²) >= 11 is 0. The quantitative estimate of drug-likeness (QED) is 0.816. The normalized spacial score (nSPS) is 25.3. The van der Waals surface area contributed by atoms with E-state index in [2.05, 4.69) is 10.6 Å². The molecule has 24 heavy (non-hydrogen) atoms. The van der Waals surface area contributed by atoms with Crippen LogP contribution in [0.5, 0.6) is 0 Å². The molecule has 1 aliphatic carbocycles. The number of ether oxygens (including phenoxy) is 1. The summed E-state index contributed by atoms with van der Waals surface area (Å²) in [6, 6.07) is 7.21. The van der Waals surface area contributed by atoms with E-state index in [1.165, 1.54) is 13.5 Å². The van der Waals surface area contributed by atoms with Gasteiger partial charge in [-0.3, -0.25) is 4.79 Å². The first-order chi connectivity index (χ1) is 11.2. The van der Waals surface area contributed by atoms with Crippen LogP contribution in [0.2, 0.25) is 0 Å². The highest BCUT2D eigenvalue weighted by atomic mass is 35.5. The Morgan fingerprint density at radius 2 is 2.21 bits per heavy atom. The third-order valence-electron chi connectivity index (χ3n) is 5.29. The minimum absolute atomic E-state index is 0. The van der Waals surface area contributed by atoms with Crippen molar-refractivity contribution in [1.29, 1.82) is 0 Å². The van der Waals surface area contributed by atoms with Gasteiger partial charge in [0.2, 0.25) is 5.91 Å². The Labute approximate surface area is 148 Å². The van der Waals surface area contributed by atoms with Crippen molar-refractivity contribution in [3.63, 3.8) is 0 Å². The molecule has 0 radical (unpaired) electrons. The van der Waals surface area contributed by atoms with Gasteiger partial charge in [0.1, 0.15) is 0 Å². The fraction of sp³-hybridized carbons (Fsp3) is 0.556. The molecule has 1 aliphatic heterocycles. The Balaban J connectivity index is 0.00000208. The lowest BCUT2D eigenvalue weighted by molar-refractivity contribution is -0.134. The van der Waals surface area contributed by atoms with E-state index in [0.717, 1.165) is 37.9 Å². The maximum Gasteiger partial charge on any atom is 0.337 e. The Bertz CT molecular complexity index is 608. The Morgan fingerprint density at radius 3 is 3.00 bits per heavy atom. The second-order valence-electron chi connectivity index (χ2n) is 6.60. The fourth-order valence-corrected chi connectivity index (χ4v) is 3.97. The molecule has 2 N–H and O–H groups in total. The summed E-state index contributed by atoms with van der Waals surface area (Å²) in [5.74, 6) is 0.248. The molecule has 6 heteroatoms. The fourth-order valence-electron chi connectivity index (χ4n) is 3.97. The number of carbonyl (C=O) groups excluding carboxylic acids is 2. The zero-order valence-corrected chi connectivity index (χ0v) is 14.8. The molecule has 2 fully saturated rings. The number of hydrogen-bond acceptors (Lipinski definition) is 4. The molecule has 2 aliphatic rings. The summed E-state index contributed by atoms with van der Waals surface area (Å²) in [6.45, 7) is 2.18. The van der Waals surface area contributed by atoms with E-state index >= 15 is 0 Å². The first-order valence-electron chi connectivity index (χ1n) is 8.32. The zero-order valence-electron chi connectivity index (χ0n) is 14.0. The van der Waals surface area contributed by atoms with Crippen molar-refractivity contribution >= 4 is 24.3 Å². The molecule has 3 rings (SSSR count). The van der Waals surface area contributed by atoms with Gasteiger partial charge in [-0.25, -0.2) is 4.79 Å². The molecule has 1 amide bonds. The predicted octanol–water partition coefficient (Wildman–Crippen LogP) is 2.29. The first-order valence-corrected chi connectivity index (χ1v) is 8.32. The number of esters is 1. The lowest BCUT2D eigenvalue weighted by Gasteiger charge is -2.37. The van der Waals surface area contributed by atoms with Crippen LogP contribution in [0.1, 0.15) is 41.6 Å². The van der Waals surface area contributed by atoms with Crippen molar-refractivity contribution in [2.24, 2.45) is 11.3 Å². The van der Waals surface area contributed by atoms with Gasteiger partial charge >= 0.3 is 5.97 Å². The van der Waals surface area contributed by atoms with E-state index < -0.39 is 0 Å². The van der Waals surface area contributed by atoms with E-state index in [0.29, 0.717) is 18.0 Å². The van der Waals surface area contributed by atoms with E-state index in [4.69, 9.17) is 4.74 Å². The van der Waals surface area contributed by atoms with Crippen LogP contribution in [0.25, 0.3) is 0 Å². The van der Waals surface area contributed by atoms with Crippen molar-refractivity contribution in [3.8, 4) is 0 Å². The minimum atomic E-state index is -0.357. The third kappa shape index (κ3) is 3.57. The van der Waals surface area contributed by atoms with Gasteiger partial charge in [-0.15, -0.1) is 12.4 Å². The smallest absolute Gasteiger partial charge is 0.337 e. The molecular weight excluding hydrogens is 328 g/mol. The highest BCUT2D eigenvalue weighted by Crippen LogP contribution is 2.43. The maximum absolute atomic E-state index is 12.8. The van der Waals surface area contributed by atoms with Gasteiger partial charge in [-0.05, 0) is 43.0 Å². The molecule has 1 aromatic carbocycles. The van der Waals surface area contributed by atoms with Crippen molar-refractivity contribution < 1.29 is 14.3 Å². The van der Waals surface area contributed by atoms with E-state index in [1.54, 1.807) is 12.1 Å². The molecule has 1 saturated heterocycles. The van der Waals surface area contributed by atoms with Gasteiger partial charge in [-0.1, -0.05) is 25.0 Å². The van der Waals surface area contributed by atoms with Crippen LogP contribution in [0.3, 0.4) is 0 Å². The van der Waals surface area contributed by atoms with Crippen LogP contribution in [-0.4, -0.2) is 32.1 Å². The van der Waals surface area contributed by atoms with Gasteiger partial charge < -0.3 is 15.4 Å². The number of benzene rings is 1. The Kier molecular flexibility index (Phi) is 6.24. The zero-order chi connectivity index (χ0) is 16.3. The van der Waals surface area contributed by atoms with Crippen LogP contribution < -0.4 is 10.6 Å². The van der Waals surface area contributed by atoms with Crippen LogP contribution in [0, 0.1) is 11.3 Å². The van der Waals surface area contributed by atoms with Crippen molar-refractivity contribution in [2.45, 2.75) is 32.2 Å². The molecular formula is C18H25ClN2O3. The third-order valence-corrected chi connectivity index (χ3v) is 5.29. The van der Waals surface area contributed by atoms with Crippen molar-refractivity contribution in [3.05, 3.63) is 35.4 Å². The summed E-state index contributed by atoms with van der Waals surface area (Å²) in [6.07, 6.45) is 4.46. The van der Waals surface area contributed by atoms with Gasteiger partial charge in [0.25, 0.3) is 0 Å². The first kappa shape index (κ1) is 18.7. The number of carbonyl (C=O) groups is 2. The molecule has 0 unspecified atom stereocenters. The molecule has 2 atom stereocenters. The average molecular weight is 353 g/mol.